The van der Waals surface area contributed by atoms with E-state index in [2.05, 4.69) is 16.0 Å². The van der Waals surface area contributed by atoms with E-state index in [0.29, 0.717) is 6.42 Å². The third kappa shape index (κ3) is 12.3. The number of carbonyl (C=O) groups excluding carboxylic acids is 5. The van der Waals surface area contributed by atoms with Gasteiger partial charge < -0.3 is 57.9 Å². The van der Waals surface area contributed by atoms with E-state index >= 15 is 0 Å². The Morgan fingerprint density at radius 1 is 0.750 bits per heavy atom. The molecule has 0 heterocycles. The highest BCUT2D eigenvalue weighted by molar-refractivity contribution is 5.95. The lowest BCUT2D eigenvalue weighted by Gasteiger charge is -2.27. The van der Waals surface area contributed by atoms with Crippen molar-refractivity contribution in [3.05, 3.63) is 0 Å². The topological polar surface area (TPSA) is 307 Å². The molecule has 0 aromatic heterocycles. The predicted molar refractivity (Wildman–Crippen MR) is 134 cm³/mol. The Kier molecular flexibility index (Phi) is 16.0. The van der Waals surface area contributed by atoms with Crippen molar-refractivity contribution in [2.45, 2.75) is 69.9 Å². The Balaban J connectivity index is 5.17. The van der Waals surface area contributed by atoms with Crippen LogP contribution in [0, 0.1) is 5.92 Å². The quantitative estimate of drug-likeness (QED) is 0.0723. The maximum absolute atomic E-state index is 12.8. The van der Waals surface area contributed by atoms with Gasteiger partial charge >= 0.3 is 11.9 Å². The summed E-state index contributed by atoms with van der Waals surface area (Å²) in [7, 11) is 0. The fourth-order valence-corrected chi connectivity index (χ4v) is 3.00. The summed E-state index contributed by atoms with van der Waals surface area (Å²) in [5.74, 6) is -8.58. The molecular weight excluding hydrogens is 540 g/mol. The molecule has 0 fully saturated rings. The first-order valence-corrected chi connectivity index (χ1v) is 12.2. The number of carbonyl (C=O) groups is 7. The monoisotopic (exact) mass is 578 g/mol. The highest BCUT2D eigenvalue weighted by Gasteiger charge is 2.32. The molecule has 0 spiro atoms. The van der Waals surface area contributed by atoms with Gasteiger partial charge in [-0.1, -0.05) is 20.3 Å². The molecule has 18 nitrogen and oxygen atoms in total. The van der Waals surface area contributed by atoms with E-state index in [9.17, 15) is 48.9 Å². The van der Waals surface area contributed by atoms with Crippen LogP contribution in [0.25, 0.3) is 0 Å². The van der Waals surface area contributed by atoms with Crippen LogP contribution >= 0.6 is 0 Å². The predicted octanol–water partition coefficient (Wildman–Crippen LogP) is -5.66. The number of amides is 5. The minimum atomic E-state index is -1.84. The van der Waals surface area contributed by atoms with E-state index in [1.54, 1.807) is 13.8 Å². The Morgan fingerprint density at radius 3 is 1.73 bits per heavy atom. The third-order valence-electron chi connectivity index (χ3n) is 5.68. The molecule has 7 atom stereocenters. The molecule has 0 aliphatic carbocycles. The summed E-state index contributed by atoms with van der Waals surface area (Å²) in [6, 6.07) is -7.62. The van der Waals surface area contributed by atoms with Crippen LogP contribution in [0.15, 0.2) is 0 Å². The molecule has 0 aliphatic rings. The Labute approximate surface area is 229 Å². The van der Waals surface area contributed by atoms with Crippen molar-refractivity contribution in [1.82, 2.24) is 26.6 Å². The average molecular weight is 579 g/mol. The molecule has 0 rings (SSSR count). The van der Waals surface area contributed by atoms with Crippen molar-refractivity contribution in [3.63, 3.8) is 0 Å². The van der Waals surface area contributed by atoms with Crippen molar-refractivity contribution >= 4 is 41.5 Å². The van der Waals surface area contributed by atoms with Crippen LogP contribution in [-0.4, -0.2) is 123 Å². The molecule has 0 bridgehead atoms. The number of rotatable bonds is 18. The van der Waals surface area contributed by atoms with E-state index in [1.807, 2.05) is 10.6 Å². The Bertz CT molecular complexity index is 930. The van der Waals surface area contributed by atoms with Crippen LogP contribution in [0.5, 0.6) is 0 Å². The number of aliphatic carboxylic acids is 2. The zero-order chi connectivity index (χ0) is 31.2. The maximum atomic E-state index is 12.8. The molecule has 12 N–H and O–H groups in total. The third-order valence-corrected chi connectivity index (χ3v) is 5.68. The van der Waals surface area contributed by atoms with Gasteiger partial charge in [-0.2, -0.15) is 0 Å². The molecule has 0 saturated heterocycles. The van der Waals surface area contributed by atoms with Gasteiger partial charge in [0.05, 0.1) is 32.3 Å². The van der Waals surface area contributed by atoms with Gasteiger partial charge in [-0.3, -0.25) is 28.8 Å². The first kappa shape index (κ1) is 36.1. The average Bonchev–Trinajstić information content (AvgIpc) is 2.89. The molecule has 0 aliphatic heterocycles. The van der Waals surface area contributed by atoms with Crippen LogP contribution in [0.1, 0.15) is 33.6 Å². The van der Waals surface area contributed by atoms with E-state index in [-0.39, 0.29) is 0 Å². The second-order valence-corrected chi connectivity index (χ2v) is 8.90. The first-order chi connectivity index (χ1) is 18.6. The summed E-state index contributed by atoms with van der Waals surface area (Å²) in [6.45, 7) is 1.93. The van der Waals surface area contributed by atoms with Crippen molar-refractivity contribution in [2.75, 3.05) is 19.8 Å². The number of hydrogen-bond acceptors (Lipinski definition) is 11. The minimum absolute atomic E-state index is 0.418. The van der Waals surface area contributed by atoms with Gasteiger partial charge in [-0.25, -0.2) is 4.79 Å². The fourth-order valence-electron chi connectivity index (χ4n) is 3.00. The summed E-state index contributed by atoms with van der Waals surface area (Å²) in [5, 5.41) is 56.8. The second-order valence-electron chi connectivity index (χ2n) is 8.90. The summed E-state index contributed by atoms with van der Waals surface area (Å²) < 4.78 is 0. The van der Waals surface area contributed by atoms with Gasteiger partial charge in [0, 0.05) is 0 Å². The lowest BCUT2D eigenvalue weighted by atomic mass is 9.97. The van der Waals surface area contributed by atoms with Crippen LogP contribution in [0.2, 0.25) is 0 Å². The molecule has 18 heteroatoms. The summed E-state index contributed by atoms with van der Waals surface area (Å²) in [6.07, 6.45) is -1.75. The van der Waals surface area contributed by atoms with E-state index in [1.165, 1.54) is 6.92 Å². The first-order valence-electron chi connectivity index (χ1n) is 12.2. The molecule has 40 heavy (non-hydrogen) atoms. The SMILES string of the molecule is CC[C@H](C)[C@H](NC(=O)[C@@H](N)[C@@H](C)O)C(=O)N[C@@H](CO)C(=O)NCC(=O)N[C@@H](CO)C(=O)N[C@@H](CC(=O)O)C(=O)O. The molecular formula is C22H38N6O12. The second kappa shape index (κ2) is 17.7. The highest BCUT2D eigenvalue weighted by atomic mass is 16.4. The molecule has 228 valence electrons. The summed E-state index contributed by atoms with van der Waals surface area (Å²) in [5.41, 5.74) is 5.59. The number of hydrogen-bond donors (Lipinski definition) is 11. The van der Waals surface area contributed by atoms with Crippen molar-refractivity contribution in [1.29, 1.82) is 0 Å². The van der Waals surface area contributed by atoms with Gasteiger partial charge in [0.25, 0.3) is 0 Å². The van der Waals surface area contributed by atoms with Gasteiger partial charge in [0.15, 0.2) is 0 Å². The van der Waals surface area contributed by atoms with Crippen molar-refractivity contribution in [3.8, 4) is 0 Å². The largest absolute Gasteiger partial charge is 0.481 e. The van der Waals surface area contributed by atoms with E-state index in [4.69, 9.17) is 15.9 Å². The van der Waals surface area contributed by atoms with Gasteiger partial charge in [-0.05, 0) is 12.8 Å². The van der Waals surface area contributed by atoms with Crippen LogP contribution in [0.3, 0.4) is 0 Å². The maximum Gasteiger partial charge on any atom is 0.326 e. The number of aliphatic hydroxyl groups excluding tert-OH is 3. The lowest BCUT2D eigenvalue weighted by molar-refractivity contribution is -0.147. The zero-order valence-corrected chi connectivity index (χ0v) is 22.2. The smallest absolute Gasteiger partial charge is 0.326 e. The van der Waals surface area contributed by atoms with Gasteiger partial charge in [0.1, 0.15) is 30.2 Å². The normalized spacial score (nSPS) is 16.1. The van der Waals surface area contributed by atoms with Crippen LogP contribution in [0.4, 0.5) is 0 Å². The summed E-state index contributed by atoms with van der Waals surface area (Å²) in [4.78, 5) is 83.6. The fraction of sp³-hybridized carbons (Fsp3) is 0.682. The summed E-state index contributed by atoms with van der Waals surface area (Å²) >= 11 is 0. The minimum Gasteiger partial charge on any atom is -0.481 e. The van der Waals surface area contributed by atoms with Gasteiger partial charge in [0.2, 0.25) is 29.5 Å². The zero-order valence-electron chi connectivity index (χ0n) is 22.2. The molecule has 0 aromatic rings. The molecule has 0 unspecified atom stereocenters. The molecule has 5 amide bonds. The van der Waals surface area contributed by atoms with Gasteiger partial charge in [-0.15, -0.1) is 0 Å². The molecule has 0 saturated carbocycles. The molecule has 0 aromatic carbocycles. The Morgan fingerprint density at radius 2 is 1.27 bits per heavy atom. The highest BCUT2D eigenvalue weighted by Crippen LogP contribution is 2.09. The molecule has 0 radical (unpaired) electrons. The lowest BCUT2D eigenvalue weighted by Crippen LogP contribution is -2.60. The number of carboxylic acid groups (broad SMARTS) is 2. The van der Waals surface area contributed by atoms with Crippen molar-refractivity contribution in [2.24, 2.45) is 11.7 Å². The number of nitrogens with two attached hydrogens (primary N) is 1. The van der Waals surface area contributed by atoms with Crippen LogP contribution < -0.4 is 32.3 Å². The van der Waals surface area contributed by atoms with E-state index in [0.717, 1.165) is 0 Å². The Hall–Kier alpha value is -3.87. The number of carboxylic acids is 2. The van der Waals surface area contributed by atoms with E-state index < -0.39 is 110 Å². The number of nitrogens with one attached hydrogen (secondary N) is 5. The van der Waals surface area contributed by atoms with Crippen molar-refractivity contribution < 1.29 is 59.1 Å². The standard InChI is InChI=1S/C22H38N6O12/c1-4-9(2)17(28-20(37)16(23)10(3)31)21(38)27-12(7-29)18(35)24-6-14(32)25-13(8-30)19(36)26-11(22(39)40)5-15(33)34/h9-13,16-17,29-31H,4-8,23H2,1-3H3,(H,24,35)(H,25,32)(H,26,36)(H,27,38)(H,28,37)(H,33,34)(H,39,40)/t9-,10+,11-,12-,13-,16-,17-/m0/s1. The van der Waals surface area contributed by atoms with Crippen LogP contribution in [-0.2, 0) is 33.6 Å². The number of aliphatic hydroxyl groups is 3.